The van der Waals surface area contributed by atoms with Crippen LogP contribution in [0.25, 0.3) is 0 Å². The van der Waals surface area contributed by atoms with Crippen molar-refractivity contribution < 1.29 is 13.5 Å². The van der Waals surface area contributed by atoms with Gasteiger partial charge in [-0.1, -0.05) is 11.6 Å². The first-order valence-electron chi connectivity index (χ1n) is 6.37. The lowest BCUT2D eigenvalue weighted by Crippen LogP contribution is -2.40. The molecular weight excluding hydrogens is 272 g/mol. The van der Waals surface area contributed by atoms with Crippen LogP contribution in [0, 0.1) is 5.92 Å². The molecule has 0 atom stereocenters. The average Bonchev–Trinajstić information content (AvgIpc) is 3.13. The van der Waals surface area contributed by atoms with Crippen LogP contribution in [0.3, 0.4) is 0 Å². The van der Waals surface area contributed by atoms with E-state index >= 15 is 0 Å². The van der Waals surface area contributed by atoms with Gasteiger partial charge in [0.2, 0.25) is 0 Å². The fraction of sp³-hybridized carbons (Fsp3) is 0.571. The Hall–Kier alpha value is -0.870. The number of halogens is 3. The first-order valence-corrected chi connectivity index (χ1v) is 6.74. The van der Waals surface area contributed by atoms with Crippen LogP contribution in [0.4, 0.5) is 8.78 Å². The van der Waals surface area contributed by atoms with Gasteiger partial charge in [-0.15, -0.1) is 0 Å². The predicted octanol–water partition coefficient (Wildman–Crippen LogP) is 4.22. The van der Waals surface area contributed by atoms with E-state index in [1.54, 1.807) is 12.1 Å². The summed E-state index contributed by atoms with van der Waals surface area (Å²) < 4.78 is 29.2. The zero-order valence-electron chi connectivity index (χ0n) is 11.1. The molecule has 19 heavy (non-hydrogen) atoms. The molecule has 1 N–H and O–H groups in total. The van der Waals surface area contributed by atoms with Gasteiger partial charge in [-0.05, 0) is 50.8 Å². The zero-order valence-corrected chi connectivity index (χ0v) is 11.8. The summed E-state index contributed by atoms with van der Waals surface area (Å²) in [6, 6.07) is 4.69. The lowest BCUT2D eigenvalue weighted by molar-refractivity contribution is -0.0505. The van der Waals surface area contributed by atoms with E-state index in [-0.39, 0.29) is 11.3 Å². The van der Waals surface area contributed by atoms with E-state index in [0.29, 0.717) is 23.0 Å². The number of alkyl halides is 2. The van der Waals surface area contributed by atoms with Crippen molar-refractivity contribution in [3.8, 4) is 5.75 Å². The summed E-state index contributed by atoms with van der Waals surface area (Å²) in [7, 11) is 0. The van der Waals surface area contributed by atoms with Crippen LogP contribution < -0.4 is 10.1 Å². The molecule has 1 saturated carbocycles. The minimum atomic E-state index is -2.82. The molecule has 1 aliphatic carbocycles. The second-order valence-electron chi connectivity index (χ2n) is 5.48. The molecule has 0 heterocycles. The third-order valence-corrected chi connectivity index (χ3v) is 3.81. The Labute approximate surface area is 117 Å². The fourth-order valence-electron chi connectivity index (χ4n) is 2.17. The minimum Gasteiger partial charge on any atom is -0.434 e. The van der Waals surface area contributed by atoms with Gasteiger partial charge in [-0.2, -0.15) is 8.78 Å². The van der Waals surface area contributed by atoms with E-state index in [1.165, 1.54) is 18.9 Å². The summed E-state index contributed by atoms with van der Waals surface area (Å²) in [6.07, 6.45) is 2.44. The number of nitrogens with one attached hydrogen (secondary N) is 1. The van der Waals surface area contributed by atoms with Crippen LogP contribution in [0.5, 0.6) is 5.75 Å². The maximum Gasteiger partial charge on any atom is 0.387 e. The first-order chi connectivity index (χ1) is 8.88. The molecule has 5 heteroatoms. The lowest BCUT2D eigenvalue weighted by atomic mass is 9.98. The molecule has 106 valence electrons. The fourth-order valence-corrected chi connectivity index (χ4v) is 2.36. The van der Waals surface area contributed by atoms with Crippen molar-refractivity contribution in [3.63, 3.8) is 0 Å². The highest BCUT2D eigenvalue weighted by Gasteiger charge is 2.37. The highest BCUT2D eigenvalue weighted by atomic mass is 35.5. The number of hydrogen-bond acceptors (Lipinski definition) is 2. The van der Waals surface area contributed by atoms with E-state index in [9.17, 15) is 8.78 Å². The molecule has 1 aromatic carbocycles. The molecule has 1 fully saturated rings. The van der Waals surface area contributed by atoms with Crippen LogP contribution in [0.1, 0.15) is 32.3 Å². The summed E-state index contributed by atoms with van der Waals surface area (Å²) in [5.41, 5.74) is 0.659. The van der Waals surface area contributed by atoms with Crippen molar-refractivity contribution >= 4 is 11.6 Å². The molecule has 0 amide bonds. The van der Waals surface area contributed by atoms with E-state index in [1.807, 2.05) is 0 Å². The second-order valence-corrected chi connectivity index (χ2v) is 5.92. The summed E-state index contributed by atoms with van der Waals surface area (Å²) in [6.45, 7) is 1.90. The third kappa shape index (κ3) is 4.05. The Morgan fingerprint density at radius 2 is 2.11 bits per heavy atom. The van der Waals surface area contributed by atoms with Crippen molar-refractivity contribution in [1.82, 2.24) is 5.32 Å². The van der Waals surface area contributed by atoms with Crippen LogP contribution in [0.2, 0.25) is 5.02 Å². The number of rotatable bonds is 6. The van der Waals surface area contributed by atoms with Crippen molar-refractivity contribution in [2.24, 2.45) is 5.92 Å². The largest absolute Gasteiger partial charge is 0.434 e. The normalized spacial score (nSPS) is 15.9. The Morgan fingerprint density at radius 3 is 2.68 bits per heavy atom. The first kappa shape index (κ1) is 14.5. The molecule has 0 saturated heterocycles. The van der Waals surface area contributed by atoms with Crippen molar-refractivity contribution in [1.29, 1.82) is 0 Å². The zero-order chi connectivity index (χ0) is 14.0. The Bertz CT molecular complexity index is 447. The van der Waals surface area contributed by atoms with Crippen LogP contribution >= 0.6 is 11.6 Å². The van der Waals surface area contributed by atoms with E-state index in [0.717, 1.165) is 0 Å². The van der Waals surface area contributed by atoms with Crippen molar-refractivity contribution in [2.45, 2.75) is 45.4 Å². The van der Waals surface area contributed by atoms with Crippen molar-refractivity contribution in [3.05, 3.63) is 28.8 Å². The predicted molar refractivity (Wildman–Crippen MR) is 71.7 cm³/mol. The van der Waals surface area contributed by atoms with Gasteiger partial charge in [0.25, 0.3) is 0 Å². The molecule has 0 aromatic heterocycles. The maximum atomic E-state index is 12.3. The Balaban J connectivity index is 2.07. The topological polar surface area (TPSA) is 21.3 Å². The van der Waals surface area contributed by atoms with E-state index < -0.39 is 6.61 Å². The molecule has 0 spiro atoms. The van der Waals surface area contributed by atoms with E-state index in [4.69, 9.17) is 11.6 Å². The molecule has 0 unspecified atom stereocenters. The number of benzene rings is 1. The monoisotopic (exact) mass is 289 g/mol. The molecule has 0 bridgehead atoms. The molecule has 1 aromatic rings. The summed E-state index contributed by atoms with van der Waals surface area (Å²) in [5, 5.41) is 3.91. The SMILES string of the molecule is CC(C)(NCc1cc(Cl)ccc1OC(F)F)C1CC1. The van der Waals surface area contributed by atoms with Gasteiger partial charge < -0.3 is 10.1 Å². The standard InChI is InChI=1S/C14H18ClF2NO/c1-14(2,10-3-4-10)18-8-9-7-11(15)5-6-12(9)19-13(16)17/h5-7,10,13,18H,3-4,8H2,1-2H3. The summed E-state index contributed by atoms with van der Waals surface area (Å²) in [5.74, 6) is 0.838. The van der Waals surface area contributed by atoms with Crippen LogP contribution in [-0.2, 0) is 6.54 Å². The number of hydrogen-bond donors (Lipinski definition) is 1. The molecule has 0 radical (unpaired) electrons. The van der Waals surface area contributed by atoms with Gasteiger partial charge >= 0.3 is 6.61 Å². The van der Waals surface area contributed by atoms with E-state index in [2.05, 4.69) is 23.9 Å². The highest BCUT2D eigenvalue weighted by Crippen LogP contribution is 2.39. The Kier molecular flexibility index (Phi) is 4.31. The molecule has 1 aliphatic rings. The molecule has 2 nitrogen and oxygen atoms in total. The van der Waals surface area contributed by atoms with Gasteiger partial charge in [-0.25, -0.2) is 0 Å². The highest BCUT2D eigenvalue weighted by molar-refractivity contribution is 6.30. The van der Waals surface area contributed by atoms with Crippen LogP contribution in [0.15, 0.2) is 18.2 Å². The third-order valence-electron chi connectivity index (χ3n) is 3.57. The van der Waals surface area contributed by atoms with Gasteiger partial charge in [-0.3, -0.25) is 0 Å². The summed E-state index contributed by atoms with van der Waals surface area (Å²) in [4.78, 5) is 0. The Morgan fingerprint density at radius 1 is 1.42 bits per heavy atom. The van der Waals surface area contributed by atoms with Gasteiger partial charge in [0, 0.05) is 22.7 Å². The lowest BCUT2D eigenvalue weighted by Gasteiger charge is -2.27. The average molecular weight is 290 g/mol. The van der Waals surface area contributed by atoms with Gasteiger partial charge in [0.05, 0.1) is 0 Å². The van der Waals surface area contributed by atoms with Crippen LogP contribution in [-0.4, -0.2) is 12.2 Å². The summed E-state index contributed by atoms with van der Waals surface area (Å²) >= 11 is 5.91. The molecule has 0 aliphatic heterocycles. The van der Waals surface area contributed by atoms with Gasteiger partial charge in [0.15, 0.2) is 0 Å². The molecule has 2 rings (SSSR count). The van der Waals surface area contributed by atoms with Crippen molar-refractivity contribution in [2.75, 3.05) is 0 Å². The number of ether oxygens (including phenoxy) is 1. The van der Waals surface area contributed by atoms with Gasteiger partial charge in [0.1, 0.15) is 5.75 Å². The second kappa shape index (κ2) is 5.63. The minimum absolute atomic E-state index is 0.00438. The smallest absolute Gasteiger partial charge is 0.387 e. The quantitative estimate of drug-likeness (QED) is 0.846. The molecular formula is C14H18ClF2NO. The maximum absolute atomic E-state index is 12.3.